The molecule has 0 bridgehead atoms. The number of hydrogen-bond acceptors (Lipinski definition) is 6. The Labute approximate surface area is 160 Å². The Morgan fingerprint density at radius 1 is 1.19 bits per heavy atom. The van der Waals surface area contributed by atoms with Crippen LogP contribution in [0.15, 0.2) is 51.9 Å². The number of esters is 1. The smallest absolute Gasteiger partial charge is 0.339 e. The Morgan fingerprint density at radius 3 is 2.59 bits per heavy atom. The van der Waals surface area contributed by atoms with Gasteiger partial charge < -0.3 is 14.6 Å². The highest BCUT2D eigenvalue weighted by atomic mass is 32.2. The van der Waals surface area contributed by atoms with E-state index < -0.39 is 16.8 Å². The van der Waals surface area contributed by atoms with Crippen LogP contribution in [0.3, 0.4) is 0 Å². The second kappa shape index (κ2) is 7.75. The highest BCUT2D eigenvalue weighted by Crippen LogP contribution is 2.32. The van der Waals surface area contributed by atoms with E-state index in [-0.39, 0.29) is 0 Å². The highest BCUT2D eigenvalue weighted by molar-refractivity contribution is 7.84. The van der Waals surface area contributed by atoms with Crippen LogP contribution in [0.2, 0.25) is 0 Å². The Bertz CT molecular complexity index is 1010. The second-order valence-electron chi connectivity index (χ2n) is 6.06. The molecule has 3 rings (SSSR count). The van der Waals surface area contributed by atoms with Crippen molar-refractivity contribution in [3.8, 4) is 11.1 Å². The summed E-state index contributed by atoms with van der Waals surface area (Å²) < 4.78 is 21.9. The predicted octanol–water partition coefficient (Wildman–Crippen LogP) is 4.23. The quantitative estimate of drug-likeness (QED) is 0.663. The first kappa shape index (κ1) is 18.8. The van der Waals surface area contributed by atoms with Crippen LogP contribution in [-0.4, -0.2) is 28.7 Å². The van der Waals surface area contributed by atoms with Crippen molar-refractivity contribution in [2.45, 2.75) is 18.7 Å². The number of ether oxygens (including phenoxy) is 1. The molecule has 1 atom stereocenters. The molecule has 27 heavy (non-hydrogen) atoms. The predicted molar refractivity (Wildman–Crippen MR) is 105 cm³/mol. The number of carbonyl (C=O) groups excluding carboxylic acids is 1. The minimum atomic E-state index is -1.09. The molecule has 1 heterocycles. The molecule has 0 spiro atoms. The van der Waals surface area contributed by atoms with E-state index in [1.165, 1.54) is 7.11 Å². The molecule has 0 aliphatic carbocycles. The number of rotatable bonds is 5. The molecule has 0 fully saturated rings. The highest BCUT2D eigenvalue weighted by Gasteiger charge is 2.18. The summed E-state index contributed by atoms with van der Waals surface area (Å²) in [7, 11) is 0.252. The molecular formula is C20H20N2O4S. The lowest BCUT2D eigenvalue weighted by Crippen LogP contribution is -2.06. The maximum atomic E-state index is 12.3. The zero-order valence-corrected chi connectivity index (χ0v) is 16.3. The third kappa shape index (κ3) is 3.93. The summed E-state index contributed by atoms with van der Waals surface area (Å²) in [4.78, 5) is 13.0. The van der Waals surface area contributed by atoms with Crippen molar-refractivity contribution in [1.29, 1.82) is 0 Å². The maximum Gasteiger partial charge on any atom is 0.339 e. The molecule has 0 aliphatic heterocycles. The average molecular weight is 384 g/mol. The number of methoxy groups -OCH3 is 1. The van der Waals surface area contributed by atoms with Crippen LogP contribution in [0.5, 0.6) is 0 Å². The standard InChI is InChI=1S/C20H20N2O4S/c1-12-19(13(2)26-22-12)14-8-9-18(17(10-14)20(23)25-3)21-15-6-5-7-16(11-15)27(4)24/h5-11,21H,1-4H3. The molecule has 0 saturated carbocycles. The maximum absolute atomic E-state index is 12.3. The van der Waals surface area contributed by atoms with Crippen LogP contribution in [0, 0.1) is 13.8 Å². The van der Waals surface area contributed by atoms with Crippen LogP contribution in [0.25, 0.3) is 11.1 Å². The Balaban J connectivity index is 2.04. The van der Waals surface area contributed by atoms with E-state index >= 15 is 0 Å². The van der Waals surface area contributed by atoms with E-state index in [1.54, 1.807) is 24.5 Å². The van der Waals surface area contributed by atoms with Gasteiger partial charge in [-0.2, -0.15) is 0 Å². The van der Waals surface area contributed by atoms with Gasteiger partial charge in [0.05, 0.1) is 24.1 Å². The Morgan fingerprint density at radius 2 is 1.96 bits per heavy atom. The third-order valence-corrected chi connectivity index (χ3v) is 5.11. The van der Waals surface area contributed by atoms with Crippen molar-refractivity contribution in [2.24, 2.45) is 0 Å². The minimum absolute atomic E-state index is 0.387. The summed E-state index contributed by atoms with van der Waals surface area (Å²) in [5.74, 6) is 0.225. The van der Waals surface area contributed by atoms with Gasteiger partial charge in [-0.15, -0.1) is 0 Å². The largest absolute Gasteiger partial charge is 0.465 e. The van der Waals surface area contributed by atoms with Crippen molar-refractivity contribution in [1.82, 2.24) is 5.16 Å². The molecule has 7 heteroatoms. The van der Waals surface area contributed by atoms with Gasteiger partial charge in [0.1, 0.15) is 5.76 Å². The lowest BCUT2D eigenvalue weighted by Gasteiger charge is -2.13. The van der Waals surface area contributed by atoms with Crippen LogP contribution in [0.4, 0.5) is 11.4 Å². The van der Waals surface area contributed by atoms with Crippen molar-refractivity contribution in [3.05, 3.63) is 59.5 Å². The van der Waals surface area contributed by atoms with Gasteiger partial charge in [-0.25, -0.2) is 4.79 Å². The van der Waals surface area contributed by atoms with Crippen molar-refractivity contribution >= 4 is 28.1 Å². The van der Waals surface area contributed by atoms with E-state index in [1.807, 2.05) is 38.1 Å². The number of nitrogens with zero attached hydrogens (tertiary/aromatic N) is 1. The lowest BCUT2D eigenvalue weighted by molar-refractivity contribution is 0.0602. The third-order valence-electron chi connectivity index (χ3n) is 4.19. The molecule has 1 aromatic heterocycles. The van der Waals surface area contributed by atoms with Crippen LogP contribution >= 0.6 is 0 Å². The number of benzene rings is 2. The van der Waals surface area contributed by atoms with Gasteiger partial charge >= 0.3 is 5.97 Å². The fourth-order valence-corrected chi connectivity index (χ4v) is 3.45. The average Bonchev–Trinajstić information content (AvgIpc) is 3.00. The van der Waals surface area contributed by atoms with E-state index in [4.69, 9.17) is 9.26 Å². The van der Waals surface area contributed by atoms with Gasteiger partial charge in [-0.05, 0) is 49.7 Å². The number of aromatic nitrogens is 1. The van der Waals surface area contributed by atoms with Crippen molar-refractivity contribution in [2.75, 3.05) is 18.7 Å². The first-order chi connectivity index (χ1) is 12.9. The van der Waals surface area contributed by atoms with E-state index in [0.29, 0.717) is 21.9 Å². The van der Waals surface area contributed by atoms with E-state index in [9.17, 15) is 9.00 Å². The molecule has 1 unspecified atom stereocenters. The fourth-order valence-electron chi connectivity index (χ4n) is 2.89. The minimum Gasteiger partial charge on any atom is -0.465 e. The second-order valence-corrected chi connectivity index (χ2v) is 7.44. The zero-order valence-electron chi connectivity index (χ0n) is 15.5. The van der Waals surface area contributed by atoms with Crippen LogP contribution in [0.1, 0.15) is 21.8 Å². The van der Waals surface area contributed by atoms with Crippen LogP contribution < -0.4 is 5.32 Å². The summed E-state index contributed by atoms with van der Waals surface area (Å²) >= 11 is 0. The molecule has 1 N–H and O–H groups in total. The monoisotopic (exact) mass is 384 g/mol. The molecule has 2 aromatic carbocycles. The van der Waals surface area contributed by atoms with Crippen molar-refractivity contribution in [3.63, 3.8) is 0 Å². The summed E-state index contributed by atoms with van der Waals surface area (Å²) in [5.41, 5.74) is 4.14. The fraction of sp³-hybridized carbons (Fsp3) is 0.200. The molecular weight excluding hydrogens is 364 g/mol. The molecule has 140 valence electrons. The van der Waals surface area contributed by atoms with E-state index in [2.05, 4.69) is 10.5 Å². The van der Waals surface area contributed by atoms with Gasteiger partial charge in [0.2, 0.25) is 0 Å². The van der Waals surface area contributed by atoms with Gasteiger partial charge in [0, 0.05) is 33.2 Å². The van der Waals surface area contributed by atoms with Gasteiger partial charge in [-0.1, -0.05) is 17.3 Å². The number of nitrogens with one attached hydrogen (secondary N) is 1. The molecule has 6 nitrogen and oxygen atoms in total. The first-order valence-electron chi connectivity index (χ1n) is 8.27. The molecule has 0 radical (unpaired) electrons. The topological polar surface area (TPSA) is 81.4 Å². The normalized spacial score (nSPS) is 11.9. The van der Waals surface area contributed by atoms with Gasteiger partial charge in [-0.3, -0.25) is 4.21 Å². The zero-order chi connectivity index (χ0) is 19.6. The summed E-state index contributed by atoms with van der Waals surface area (Å²) in [6, 6.07) is 12.7. The lowest BCUT2D eigenvalue weighted by atomic mass is 10.0. The Hall–Kier alpha value is -2.93. The Kier molecular flexibility index (Phi) is 5.41. The number of hydrogen-bond donors (Lipinski definition) is 1. The molecule has 0 saturated heterocycles. The number of anilines is 2. The van der Waals surface area contributed by atoms with Crippen LogP contribution in [-0.2, 0) is 15.5 Å². The number of carbonyl (C=O) groups is 1. The van der Waals surface area contributed by atoms with E-state index in [0.717, 1.165) is 22.5 Å². The molecule has 0 aliphatic rings. The summed E-state index contributed by atoms with van der Waals surface area (Å²) in [6.45, 7) is 3.68. The summed E-state index contributed by atoms with van der Waals surface area (Å²) in [5, 5.41) is 7.18. The van der Waals surface area contributed by atoms with Gasteiger partial charge in [0.15, 0.2) is 0 Å². The van der Waals surface area contributed by atoms with Crippen molar-refractivity contribution < 1.29 is 18.3 Å². The summed E-state index contributed by atoms with van der Waals surface area (Å²) in [6.07, 6.45) is 1.62. The molecule has 3 aromatic rings. The number of aryl methyl sites for hydroxylation is 2. The SMILES string of the molecule is COC(=O)c1cc(-c2c(C)noc2C)ccc1Nc1cccc(S(C)=O)c1. The molecule has 0 amide bonds. The van der Waals surface area contributed by atoms with Gasteiger partial charge in [0.25, 0.3) is 0 Å². The first-order valence-corrected chi connectivity index (χ1v) is 9.82.